The van der Waals surface area contributed by atoms with Crippen molar-refractivity contribution < 1.29 is 9.18 Å². The van der Waals surface area contributed by atoms with Crippen molar-refractivity contribution in [3.05, 3.63) is 52.7 Å². The lowest BCUT2D eigenvalue weighted by Gasteiger charge is -2.14. The van der Waals surface area contributed by atoms with Gasteiger partial charge in [0, 0.05) is 29.4 Å². The van der Waals surface area contributed by atoms with Crippen LogP contribution in [0.15, 0.2) is 24.3 Å². The Morgan fingerprint density at radius 1 is 1.14 bits per heavy atom. The van der Waals surface area contributed by atoms with Gasteiger partial charge in [-0.25, -0.2) is 13.9 Å². The standard InChI is InChI=1S/C23H27FN4O/c1-14-20(12-13-21(29)26-19-6-4-5-7-19)16(3)28-23(25-14)22(15(2)27-28)17-8-10-18(24)11-9-17/h8-11,19H,4-7,12-13H2,1-3H3,(H,26,29). The SMILES string of the molecule is Cc1nc2c(-c3ccc(F)cc3)c(C)nn2c(C)c1CCC(=O)NC1CCCC1. The number of nitrogens with zero attached hydrogens (tertiary/aromatic N) is 3. The zero-order valence-electron chi connectivity index (χ0n) is 17.3. The van der Waals surface area contributed by atoms with Crippen molar-refractivity contribution in [1.82, 2.24) is 19.9 Å². The molecule has 4 rings (SSSR count). The highest BCUT2D eigenvalue weighted by Crippen LogP contribution is 2.29. The fraction of sp³-hybridized carbons (Fsp3) is 0.435. The van der Waals surface area contributed by atoms with Crippen molar-refractivity contribution in [2.45, 2.75) is 65.3 Å². The van der Waals surface area contributed by atoms with Gasteiger partial charge in [0.25, 0.3) is 0 Å². The van der Waals surface area contributed by atoms with E-state index in [2.05, 4.69) is 10.4 Å². The first-order valence-electron chi connectivity index (χ1n) is 10.3. The summed E-state index contributed by atoms with van der Waals surface area (Å²) < 4.78 is 15.2. The van der Waals surface area contributed by atoms with Crippen molar-refractivity contribution in [1.29, 1.82) is 0 Å². The Hall–Kier alpha value is -2.76. The van der Waals surface area contributed by atoms with Crippen LogP contribution in [0.1, 0.15) is 54.7 Å². The summed E-state index contributed by atoms with van der Waals surface area (Å²) in [4.78, 5) is 17.2. The largest absolute Gasteiger partial charge is 0.353 e. The van der Waals surface area contributed by atoms with Crippen molar-refractivity contribution in [2.75, 3.05) is 0 Å². The zero-order chi connectivity index (χ0) is 20.5. The molecule has 1 fully saturated rings. The third-order valence-electron chi connectivity index (χ3n) is 5.96. The minimum atomic E-state index is -0.263. The van der Waals surface area contributed by atoms with Gasteiger partial charge >= 0.3 is 0 Å². The Balaban J connectivity index is 1.61. The molecule has 3 aromatic rings. The normalized spacial score (nSPS) is 14.6. The first-order chi connectivity index (χ1) is 13.9. The Bertz CT molecular complexity index is 1050. The number of amides is 1. The minimum absolute atomic E-state index is 0.111. The van der Waals surface area contributed by atoms with Crippen LogP contribution in [-0.2, 0) is 11.2 Å². The van der Waals surface area contributed by atoms with E-state index in [1.54, 1.807) is 12.1 Å². The molecular weight excluding hydrogens is 367 g/mol. The molecule has 1 aromatic carbocycles. The van der Waals surface area contributed by atoms with Crippen LogP contribution in [0.25, 0.3) is 16.8 Å². The molecule has 0 atom stereocenters. The first-order valence-corrected chi connectivity index (χ1v) is 10.3. The van der Waals surface area contributed by atoms with Crippen LogP contribution in [-0.4, -0.2) is 26.5 Å². The fourth-order valence-corrected chi connectivity index (χ4v) is 4.39. The predicted octanol–water partition coefficient (Wildman–Crippen LogP) is 4.45. The van der Waals surface area contributed by atoms with Gasteiger partial charge < -0.3 is 5.32 Å². The molecule has 0 bridgehead atoms. The molecule has 1 amide bonds. The molecule has 0 saturated heterocycles. The first kappa shape index (κ1) is 19.6. The molecule has 0 spiro atoms. The molecule has 1 N–H and O–H groups in total. The van der Waals surface area contributed by atoms with Crippen LogP contribution in [0.4, 0.5) is 4.39 Å². The number of rotatable bonds is 5. The summed E-state index contributed by atoms with van der Waals surface area (Å²) in [6.07, 6.45) is 5.70. The Morgan fingerprint density at radius 2 is 1.83 bits per heavy atom. The second kappa shape index (κ2) is 7.93. The molecule has 2 aromatic heterocycles. The van der Waals surface area contributed by atoms with Gasteiger partial charge in [0.15, 0.2) is 5.65 Å². The number of nitrogens with one attached hydrogen (secondary N) is 1. The van der Waals surface area contributed by atoms with Gasteiger partial charge in [-0.05, 0) is 63.3 Å². The number of carbonyl (C=O) groups is 1. The summed E-state index contributed by atoms with van der Waals surface area (Å²) in [5.74, 6) is -0.152. The average Bonchev–Trinajstić information content (AvgIpc) is 3.30. The van der Waals surface area contributed by atoms with Crippen LogP contribution in [0, 0.1) is 26.6 Å². The molecule has 0 radical (unpaired) electrons. The summed E-state index contributed by atoms with van der Waals surface area (Å²) in [5, 5.41) is 7.84. The highest BCUT2D eigenvalue weighted by molar-refractivity contribution is 5.80. The number of aromatic nitrogens is 3. The number of hydrogen-bond acceptors (Lipinski definition) is 3. The van der Waals surface area contributed by atoms with Gasteiger partial charge in [-0.2, -0.15) is 5.10 Å². The average molecular weight is 394 g/mol. The third kappa shape index (κ3) is 3.88. The lowest BCUT2D eigenvalue weighted by Crippen LogP contribution is -2.32. The van der Waals surface area contributed by atoms with Crippen LogP contribution < -0.4 is 5.32 Å². The smallest absolute Gasteiger partial charge is 0.220 e. The molecule has 0 aliphatic heterocycles. The van der Waals surface area contributed by atoms with Crippen LogP contribution >= 0.6 is 0 Å². The van der Waals surface area contributed by atoms with Crippen molar-refractivity contribution >= 4 is 11.6 Å². The topological polar surface area (TPSA) is 59.3 Å². The fourth-order valence-electron chi connectivity index (χ4n) is 4.39. The lowest BCUT2D eigenvalue weighted by molar-refractivity contribution is -0.121. The molecular formula is C23H27FN4O. The number of halogens is 1. The summed E-state index contributed by atoms with van der Waals surface area (Å²) >= 11 is 0. The van der Waals surface area contributed by atoms with E-state index in [4.69, 9.17) is 4.98 Å². The molecule has 29 heavy (non-hydrogen) atoms. The highest BCUT2D eigenvalue weighted by Gasteiger charge is 2.20. The van der Waals surface area contributed by atoms with Crippen molar-refractivity contribution in [3.63, 3.8) is 0 Å². The number of benzene rings is 1. The van der Waals surface area contributed by atoms with Crippen LogP contribution in [0.2, 0.25) is 0 Å². The van der Waals surface area contributed by atoms with E-state index in [0.29, 0.717) is 18.9 Å². The van der Waals surface area contributed by atoms with Gasteiger partial charge in [0.1, 0.15) is 5.82 Å². The van der Waals surface area contributed by atoms with E-state index in [0.717, 1.165) is 52.3 Å². The number of carbonyl (C=O) groups excluding carboxylic acids is 1. The zero-order valence-corrected chi connectivity index (χ0v) is 17.3. The molecule has 6 heteroatoms. The quantitative estimate of drug-likeness (QED) is 0.695. The van der Waals surface area contributed by atoms with Crippen LogP contribution in [0.3, 0.4) is 0 Å². The molecule has 0 unspecified atom stereocenters. The molecule has 1 aliphatic rings. The maximum absolute atomic E-state index is 13.3. The van der Waals surface area contributed by atoms with Crippen molar-refractivity contribution in [3.8, 4) is 11.1 Å². The Labute approximate surface area is 170 Å². The van der Waals surface area contributed by atoms with Crippen LogP contribution in [0.5, 0.6) is 0 Å². The van der Waals surface area contributed by atoms with Crippen molar-refractivity contribution in [2.24, 2.45) is 0 Å². The van der Waals surface area contributed by atoms with E-state index in [9.17, 15) is 9.18 Å². The number of aryl methyl sites for hydroxylation is 3. The molecule has 5 nitrogen and oxygen atoms in total. The maximum Gasteiger partial charge on any atom is 0.220 e. The van der Waals surface area contributed by atoms with Gasteiger partial charge in [-0.1, -0.05) is 25.0 Å². The number of hydrogen-bond donors (Lipinski definition) is 1. The molecule has 1 saturated carbocycles. The second-order valence-electron chi connectivity index (χ2n) is 8.01. The third-order valence-corrected chi connectivity index (χ3v) is 5.96. The Kier molecular flexibility index (Phi) is 5.35. The van der Waals surface area contributed by atoms with Gasteiger partial charge in [0.2, 0.25) is 5.91 Å². The van der Waals surface area contributed by atoms with E-state index in [-0.39, 0.29) is 11.7 Å². The summed E-state index contributed by atoms with van der Waals surface area (Å²) in [6.45, 7) is 5.94. The monoisotopic (exact) mass is 394 g/mol. The lowest BCUT2D eigenvalue weighted by atomic mass is 10.0. The summed E-state index contributed by atoms with van der Waals surface area (Å²) in [7, 11) is 0. The number of fused-ring (bicyclic) bond motifs is 1. The summed E-state index contributed by atoms with van der Waals surface area (Å²) in [5.41, 5.74) is 6.40. The molecule has 2 heterocycles. The van der Waals surface area contributed by atoms with E-state index < -0.39 is 0 Å². The Morgan fingerprint density at radius 3 is 2.52 bits per heavy atom. The minimum Gasteiger partial charge on any atom is -0.353 e. The van der Waals surface area contributed by atoms with E-state index in [1.807, 2.05) is 25.3 Å². The summed E-state index contributed by atoms with van der Waals surface area (Å²) in [6, 6.07) is 6.77. The molecule has 1 aliphatic carbocycles. The second-order valence-corrected chi connectivity index (χ2v) is 8.01. The maximum atomic E-state index is 13.3. The van der Waals surface area contributed by atoms with E-state index >= 15 is 0 Å². The highest BCUT2D eigenvalue weighted by atomic mass is 19.1. The molecule has 152 valence electrons. The van der Waals surface area contributed by atoms with Gasteiger partial charge in [-0.15, -0.1) is 0 Å². The van der Waals surface area contributed by atoms with E-state index in [1.165, 1.54) is 25.0 Å². The van der Waals surface area contributed by atoms with Gasteiger partial charge in [-0.3, -0.25) is 4.79 Å². The predicted molar refractivity (Wildman–Crippen MR) is 111 cm³/mol. The van der Waals surface area contributed by atoms with Gasteiger partial charge in [0.05, 0.1) is 5.69 Å².